The van der Waals surface area contributed by atoms with E-state index in [0.29, 0.717) is 19.1 Å². The van der Waals surface area contributed by atoms with Gasteiger partial charge in [0.05, 0.1) is 18.6 Å². The van der Waals surface area contributed by atoms with E-state index >= 15 is 0 Å². The second-order valence-electron chi connectivity index (χ2n) is 9.98. The number of aliphatic carboxylic acids is 1. The highest BCUT2D eigenvalue weighted by Crippen LogP contribution is 2.25. The minimum atomic E-state index is -0.932. The Bertz CT molecular complexity index is 658. The fraction of sp³-hybridized carbons (Fsp3) is 0.875. The molecule has 1 unspecified atom stereocenters. The van der Waals surface area contributed by atoms with Crippen molar-refractivity contribution >= 4 is 42.7 Å². The number of nitrogens with one attached hydrogen (secondary N) is 2. The Morgan fingerprint density at radius 3 is 2.29 bits per heavy atom. The molecule has 1 aliphatic carbocycles. The lowest BCUT2D eigenvalue weighted by molar-refractivity contribution is -0.144. The van der Waals surface area contributed by atoms with E-state index in [1.54, 1.807) is 0 Å². The summed E-state index contributed by atoms with van der Waals surface area (Å²) < 4.78 is 6.11. The van der Waals surface area contributed by atoms with E-state index in [-0.39, 0.29) is 55.2 Å². The lowest BCUT2D eigenvalue weighted by Gasteiger charge is -2.39. The zero-order valence-electron chi connectivity index (χ0n) is 20.8. The van der Waals surface area contributed by atoms with E-state index in [4.69, 9.17) is 15.9 Å². The zero-order chi connectivity index (χ0) is 23.6. The first kappa shape index (κ1) is 31.7. The molecular formula is C24H45Cl2N5O4. The molecule has 204 valence electrons. The van der Waals surface area contributed by atoms with Gasteiger partial charge in [-0.15, -0.1) is 24.8 Å². The van der Waals surface area contributed by atoms with Gasteiger partial charge >= 0.3 is 5.97 Å². The Morgan fingerprint density at radius 1 is 1.00 bits per heavy atom. The molecule has 2 atom stereocenters. The predicted molar refractivity (Wildman–Crippen MR) is 142 cm³/mol. The van der Waals surface area contributed by atoms with Gasteiger partial charge in [-0.2, -0.15) is 0 Å². The summed E-state index contributed by atoms with van der Waals surface area (Å²) in [6, 6.07) is -0.543. The molecule has 0 spiro atoms. The number of carbonyl (C=O) groups excluding carboxylic acids is 1. The van der Waals surface area contributed by atoms with Gasteiger partial charge in [-0.05, 0) is 63.8 Å². The van der Waals surface area contributed by atoms with Crippen molar-refractivity contribution in [3.05, 3.63) is 0 Å². The molecule has 1 saturated carbocycles. The number of ether oxygens (including phenoxy) is 1. The molecule has 0 aromatic carbocycles. The quantitative estimate of drug-likeness (QED) is 0.248. The third kappa shape index (κ3) is 10.3. The fourth-order valence-corrected chi connectivity index (χ4v) is 5.55. The molecule has 11 heteroatoms. The number of amides is 1. The standard InChI is InChI=1S/C24H43N5O4.2ClH/c25-24(26)28-13-9-20(10-14-28)33-15-11-19-8-4-5-12-29(19)23(32)21(16-22(30)31)27-17-18-6-2-1-3-7-18;;/h18-21,27H,1-17H2,(H3,25,26)(H,30,31);2*1H/t19?,21-;;/m0../s1. The van der Waals surface area contributed by atoms with Gasteiger partial charge in [-0.3, -0.25) is 15.0 Å². The summed E-state index contributed by atoms with van der Waals surface area (Å²) in [5, 5.41) is 20.3. The minimum Gasteiger partial charge on any atom is -0.481 e. The SMILES string of the molecule is Cl.Cl.N=C(N)N1CCC(OCCC2CCCCN2C(=O)[C@H](CC(=O)O)NCC2CCCCC2)CC1. The molecule has 9 nitrogen and oxygen atoms in total. The number of rotatable bonds is 10. The molecular weight excluding hydrogens is 493 g/mol. The van der Waals surface area contributed by atoms with E-state index in [2.05, 4.69) is 5.32 Å². The van der Waals surface area contributed by atoms with Crippen LogP contribution in [0.15, 0.2) is 0 Å². The number of likely N-dealkylation sites (tertiary alicyclic amines) is 2. The second-order valence-corrected chi connectivity index (χ2v) is 9.98. The zero-order valence-corrected chi connectivity index (χ0v) is 22.4. The summed E-state index contributed by atoms with van der Waals surface area (Å²) in [5.74, 6) is -0.327. The molecule has 2 heterocycles. The maximum absolute atomic E-state index is 13.4. The maximum Gasteiger partial charge on any atom is 0.305 e. The Balaban J connectivity index is 0.00000306. The molecule has 0 aromatic rings. The van der Waals surface area contributed by atoms with Crippen molar-refractivity contribution in [2.24, 2.45) is 11.7 Å². The largest absolute Gasteiger partial charge is 0.481 e. The summed E-state index contributed by atoms with van der Waals surface area (Å²) in [6.07, 6.45) is 11.6. The van der Waals surface area contributed by atoms with Crippen LogP contribution in [0.3, 0.4) is 0 Å². The van der Waals surface area contributed by atoms with Crippen molar-refractivity contribution in [2.75, 3.05) is 32.8 Å². The van der Waals surface area contributed by atoms with E-state index in [1.165, 1.54) is 19.3 Å². The molecule has 0 bridgehead atoms. The third-order valence-electron chi connectivity index (χ3n) is 7.55. The van der Waals surface area contributed by atoms with Crippen molar-refractivity contribution in [3.8, 4) is 0 Å². The Labute approximate surface area is 222 Å². The van der Waals surface area contributed by atoms with E-state index in [1.807, 2.05) is 9.80 Å². The minimum absolute atomic E-state index is 0. The van der Waals surface area contributed by atoms with Crippen molar-refractivity contribution < 1.29 is 19.4 Å². The van der Waals surface area contributed by atoms with Crippen molar-refractivity contribution in [3.63, 3.8) is 0 Å². The molecule has 2 aliphatic heterocycles. The average molecular weight is 539 g/mol. The molecule has 0 radical (unpaired) electrons. The van der Waals surface area contributed by atoms with Gasteiger partial charge in [0.15, 0.2) is 5.96 Å². The summed E-state index contributed by atoms with van der Waals surface area (Å²) in [4.78, 5) is 28.7. The van der Waals surface area contributed by atoms with Crippen LogP contribution in [0.5, 0.6) is 0 Å². The molecule has 35 heavy (non-hydrogen) atoms. The van der Waals surface area contributed by atoms with E-state index in [0.717, 1.165) is 71.0 Å². The van der Waals surface area contributed by atoms with Crippen LogP contribution in [0, 0.1) is 11.3 Å². The van der Waals surface area contributed by atoms with E-state index in [9.17, 15) is 14.7 Å². The normalized spacial score (nSPS) is 22.6. The van der Waals surface area contributed by atoms with Crippen LogP contribution in [0.25, 0.3) is 0 Å². The molecule has 5 N–H and O–H groups in total. The van der Waals surface area contributed by atoms with Gasteiger partial charge in [-0.1, -0.05) is 19.3 Å². The number of carbonyl (C=O) groups is 2. The topological polar surface area (TPSA) is 132 Å². The summed E-state index contributed by atoms with van der Waals surface area (Å²) in [7, 11) is 0. The van der Waals surface area contributed by atoms with Gasteiger partial charge in [-0.25, -0.2) is 0 Å². The average Bonchev–Trinajstić information content (AvgIpc) is 2.82. The number of nitrogens with two attached hydrogens (primary N) is 1. The molecule has 3 rings (SSSR count). The summed E-state index contributed by atoms with van der Waals surface area (Å²) in [6.45, 7) is 3.51. The highest BCUT2D eigenvalue weighted by Gasteiger charge is 2.33. The van der Waals surface area contributed by atoms with Crippen molar-refractivity contribution in [1.82, 2.24) is 15.1 Å². The van der Waals surface area contributed by atoms with Gasteiger partial charge in [0.25, 0.3) is 0 Å². The Hall–Kier alpha value is -1.29. The first-order valence-corrected chi connectivity index (χ1v) is 12.9. The van der Waals surface area contributed by atoms with Crippen LogP contribution >= 0.6 is 24.8 Å². The Morgan fingerprint density at radius 2 is 1.66 bits per heavy atom. The summed E-state index contributed by atoms with van der Waals surface area (Å²) in [5.41, 5.74) is 5.56. The maximum atomic E-state index is 13.4. The predicted octanol–water partition coefficient (Wildman–Crippen LogP) is 2.99. The Kier molecular flexibility index (Phi) is 14.9. The molecule has 0 aromatic heterocycles. The second kappa shape index (κ2) is 16.5. The lowest BCUT2D eigenvalue weighted by Crippen LogP contribution is -2.53. The van der Waals surface area contributed by atoms with Gasteiger partial charge < -0.3 is 30.7 Å². The molecule has 2 saturated heterocycles. The van der Waals surface area contributed by atoms with Crippen LogP contribution < -0.4 is 11.1 Å². The first-order chi connectivity index (χ1) is 15.9. The van der Waals surface area contributed by atoms with Gasteiger partial charge in [0, 0.05) is 32.3 Å². The monoisotopic (exact) mass is 537 g/mol. The summed E-state index contributed by atoms with van der Waals surface area (Å²) >= 11 is 0. The first-order valence-electron chi connectivity index (χ1n) is 12.9. The third-order valence-corrected chi connectivity index (χ3v) is 7.55. The van der Waals surface area contributed by atoms with Crippen LogP contribution in [0.1, 0.15) is 77.0 Å². The number of hydrogen-bond acceptors (Lipinski definition) is 5. The highest BCUT2D eigenvalue weighted by atomic mass is 35.5. The van der Waals surface area contributed by atoms with Crippen LogP contribution in [-0.2, 0) is 14.3 Å². The van der Waals surface area contributed by atoms with Crippen molar-refractivity contribution in [1.29, 1.82) is 5.41 Å². The van der Waals surface area contributed by atoms with E-state index < -0.39 is 12.0 Å². The van der Waals surface area contributed by atoms with Crippen LogP contribution in [0.4, 0.5) is 0 Å². The van der Waals surface area contributed by atoms with Gasteiger partial charge in [0.2, 0.25) is 5.91 Å². The molecule has 1 amide bonds. The number of nitrogens with zero attached hydrogens (tertiary/aromatic N) is 2. The number of halogens is 2. The molecule has 3 fully saturated rings. The fourth-order valence-electron chi connectivity index (χ4n) is 5.55. The highest BCUT2D eigenvalue weighted by molar-refractivity contribution is 5.86. The van der Waals surface area contributed by atoms with Crippen molar-refractivity contribution in [2.45, 2.75) is 95.2 Å². The number of carboxylic acids is 1. The number of piperidine rings is 2. The molecule has 3 aliphatic rings. The number of guanidine groups is 1. The lowest BCUT2D eigenvalue weighted by atomic mass is 9.89. The van der Waals surface area contributed by atoms with Gasteiger partial charge in [0.1, 0.15) is 0 Å². The smallest absolute Gasteiger partial charge is 0.305 e. The number of carboxylic acid groups (broad SMARTS) is 1. The number of hydrogen-bond donors (Lipinski definition) is 4. The van der Waals surface area contributed by atoms with Crippen LogP contribution in [0.2, 0.25) is 0 Å². The van der Waals surface area contributed by atoms with Crippen LogP contribution in [-0.4, -0.2) is 83.7 Å².